The number of anilines is 2. The average molecular weight is 562 g/mol. The van der Waals surface area contributed by atoms with Crippen LogP contribution in [0, 0.1) is 17.1 Å². The van der Waals surface area contributed by atoms with E-state index in [4.69, 9.17) is 4.74 Å². The minimum Gasteiger partial charge on any atom is -0.483 e. The fourth-order valence-corrected chi connectivity index (χ4v) is 3.31. The number of nitrogens with zero attached hydrogens (tertiary/aromatic N) is 1. The number of nitriles is 1. The topological polar surface area (TPSA) is 91.2 Å². The third-order valence-electron chi connectivity index (χ3n) is 4.59. The summed E-state index contributed by atoms with van der Waals surface area (Å²) in [6.07, 6.45) is -3.44. The van der Waals surface area contributed by atoms with Crippen molar-refractivity contribution < 1.29 is 31.9 Å². The fraction of sp³-hybridized carbons (Fsp3) is 0.0800. The Balaban J connectivity index is 1.77. The standard InChI is InChI=1S/C25H16BrF4N3O3/c26-18-8-9-22(36-14-23(34)33-21-7-2-1-6-20(21)27)15(11-18)10-16(13-31)24(35)32-19-5-3-4-17(12-19)25(28,29)30/h1-12H,14H2,(H,32,35)(H,33,34)/b16-10+. The van der Waals surface area contributed by atoms with Gasteiger partial charge in [-0.25, -0.2) is 4.39 Å². The van der Waals surface area contributed by atoms with Crippen molar-refractivity contribution in [3.63, 3.8) is 0 Å². The number of halogens is 5. The monoisotopic (exact) mass is 561 g/mol. The molecule has 0 saturated heterocycles. The molecule has 36 heavy (non-hydrogen) atoms. The number of carbonyl (C=O) groups excluding carboxylic acids is 2. The Morgan fingerprint density at radius 1 is 1.03 bits per heavy atom. The van der Waals surface area contributed by atoms with Gasteiger partial charge in [0.2, 0.25) is 0 Å². The molecule has 0 fully saturated rings. The molecule has 0 bridgehead atoms. The van der Waals surface area contributed by atoms with Crippen LogP contribution in [-0.4, -0.2) is 18.4 Å². The number of hydrogen-bond donors (Lipinski definition) is 2. The van der Waals surface area contributed by atoms with Gasteiger partial charge in [0.25, 0.3) is 11.8 Å². The van der Waals surface area contributed by atoms with E-state index in [0.717, 1.165) is 24.3 Å². The summed E-state index contributed by atoms with van der Waals surface area (Å²) in [4.78, 5) is 24.8. The molecule has 0 unspecified atom stereocenters. The van der Waals surface area contributed by atoms with Crippen LogP contribution in [0.2, 0.25) is 0 Å². The van der Waals surface area contributed by atoms with Gasteiger partial charge in [-0.1, -0.05) is 34.1 Å². The molecule has 2 amide bonds. The normalized spacial score (nSPS) is 11.4. The summed E-state index contributed by atoms with van der Waals surface area (Å²) in [5.74, 6) is -2.09. The van der Waals surface area contributed by atoms with Crippen molar-refractivity contribution in [2.24, 2.45) is 0 Å². The maximum Gasteiger partial charge on any atom is 0.416 e. The first-order chi connectivity index (χ1) is 17.1. The third-order valence-corrected chi connectivity index (χ3v) is 5.08. The molecule has 0 atom stereocenters. The second-order valence-electron chi connectivity index (χ2n) is 7.20. The summed E-state index contributed by atoms with van der Waals surface area (Å²) in [7, 11) is 0. The molecule has 6 nitrogen and oxygen atoms in total. The predicted octanol–water partition coefficient (Wildman–Crippen LogP) is 6.17. The highest BCUT2D eigenvalue weighted by Gasteiger charge is 2.30. The molecule has 0 radical (unpaired) electrons. The van der Waals surface area contributed by atoms with E-state index in [1.165, 1.54) is 36.4 Å². The van der Waals surface area contributed by atoms with Crippen LogP contribution < -0.4 is 15.4 Å². The first kappa shape index (κ1) is 26.4. The average Bonchev–Trinajstić information content (AvgIpc) is 2.83. The summed E-state index contributed by atoms with van der Waals surface area (Å²) in [6, 6.07) is 15.8. The molecular formula is C25H16BrF4N3O3. The molecule has 0 saturated carbocycles. The van der Waals surface area contributed by atoms with Crippen molar-refractivity contribution in [1.82, 2.24) is 0 Å². The number of amides is 2. The summed E-state index contributed by atoms with van der Waals surface area (Å²) < 4.78 is 58.6. The minimum atomic E-state index is -4.60. The van der Waals surface area contributed by atoms with Crippen molar-refractivity contribution in [2.45, 2.75) is 6.18 Å². The van der Waals surface area contributed by atoms with E-state index in [1.807, 2.05) is 0 Å². The number of benzene rings is 3. The second kappa shape index (κ2) is 11.5. The quantitative estimate of drug-likeness (QED) is 0.205. The summed E-state index contributed by atoms with van der Waals surface area (Å²) >= 11 is 3.26. The number of alkyl halides is 3. The van der Waals surface area contributed by atoms with E-state index in [2.05, 4.69) is 26.6 Å². The predicted molar refractivity (Wildman–Crippen MR) is 128 cm³/mol. The van der Waals surface area contributed by atoms with Crippen molar-refractivity contribution in [2.75, 3.05) is 17.2 Å². The summed E-state index contributed by atoms with van der Waals surface area (Å²) in [5, 5.41) is 14.1. The van der Waals surface area contributed by atoms with E-state index in [-0.39, 0.29) is 22.7 Å². The zero-order chi connectivity index (χ0) is 26.3. The minimum absolute atomic E-state index is 0.0277. The zero-order valence-corrected chi connectivity index (χ0v) is 19.8. The van der Waals surface area contributed by atoms with Crippen molar-refractivity contribution in [3.8, 4) is 11.8 Å². The van der Waals surface area contributed by atoms with Crippen molar-refractivity contribution in [1.29, 1.82) is 5.26 Å². The number of ether oxygens (including phenoxy) is 1. The largest absolute Gasteiger partial charge is 0.483 e. The molecule has 0 aliphatic rings. The Kier molecular flexibility index (Phi) is 8.45. The summed E-state index contributed by atoms with van der Waals surface area (Å²) in [5.41, 5.74) is -1.32. The smallest absolute Gasteiger partial charge is 0.416 e. The zero-order valence-electron chi connectivity index (χ0n) is 18.2. The van der Waals surface area contributed by atoms with Crippen molar-refractivity contribution >= 4 is 45.2 Å². The highest BCUT2D eigenvalue weighted by Crippen LogP contribution is 2.31. The maximum atomic E-state index is 13.7. The highest BCUT2D eigenvalue weighted by molar-refractivity contribution is 9.10. The van der Waals surface area contributed by atoms with Gasteiger partial charge in [0, 0.05) is 15.7 Å². The van der Waals surface area contributed by atoms with Gasteiger partial charge < -0.3 is 15.4 Å². The van der Waals surface area contributed by atoms with Gasteiger partial charge in [-0.05, 0) is 54.6 Å². The van der Waals surface area contributed by atoms with Crippen LogP contribution in [0.1, 0.15) is 11.1 Å². The Labute approximate surface area is 211 Å². The van der Waals surface area contributed by atoms with Gasteiger partial charge in [-0.15, -0.1) is 0 Å². The molecule has 11 heteroatoms. The molecule has 0 aromatic heterocycles. The molecule has 0 heterocycles. The van der Waals surface area contributed by atoms with Gasteiger partial charge in [0.1, 0.15) is 23.2 Å². The first-order valence-corrected chi connectivity index (χ1v) is 10.9. The number of hydrogen-bond acceptors (Lipinski definition) is 4. The number of para-hydroxylation sites is 1. The van der Waals surface area contributed by atoms with Crippen LogP contribution >= 0.6 is 15.9 Å². The summed E-state index contributed by atoms with van der Waals surface area (Å²) in [6.45, 7) is -0.505. The van der Waals surface area contributed by atoms with Crippen LogP contribution in [0.4, 0.5) is 28.9 Å². The second-order valence-corrected chi connectivity index (χ2v) is 8.12. The van der Waals surface area contributed by atoms with E-state index in [0.29, 0.717) is 4.47 Å². The molecule has 0 aliphatic carbocycles. The lowest BCUT2D eigenvalue weighted by Crippen LogP contribution is -2.21. The van der Waals surface area contributed by atoms with Gasteiger partial charge in [-0.3, -0.25) is 9.59 Å². The lowest BCUT2D eigenvalue weighted by atomic mass is 10.1. The Morgan fingerprint density at radius 3 is 2.47 bits per heavy atom. The van der Waals surface area contributed by atoms with Crippen LogP contribution in [0.15, 0.2) is 76.8 Å². The number of rotatable bonds is 7. The van der Waals surface area contributed by atoms with Gasteiger partial charge in [0.15, 0.2) is 6.61 Å². The molecular weight excluding hydrogens is 546 g/mol. The first-order valence-electron chi connectivity index (χ1n) is 10.1. The molecule has 3 rings (SSSR count). The van der Waals surface area contributed by atoms with Gasteiger partial charge in [0.05, 0.1) is 11.3 Å². The molecule has 3 aromatic carbocycles. The molecule has 0 spiro atoms. The Hall–Kier alpha value is -4.17. The van der Waals surface area contributed by atoms with Crippen LogP contribution in [0.5, 0.6) is 5.75 Å². The highest BCUT2D eigenvalue weighted by atomic mass is 79.9. The number of carbonyl (C=O) groups is 2. The molecule has 3 aromatic rings. The van der Waals surface area contributed by atoms with E-state index in [9.17, 15) is 32.4 Å². The van der Waals surface area contributed by atoms with Gasteiger partial charge in [-0.2, -0.15) is 18.4 Å². The lowest BCUT2D eigenvalue weighted by molar-refractivity contribution is -0.137. The number of nitrogens with one attached hydrogen (secondary N) is 2. The third kappa shape index (κ3) is 7.16. The molecule has 184 valence electrons. The van der Waals surface area contributed by atoms with Crippen molar-refractivity contribution in [3.05, 3.63) is 93.7 Å². The van der Waals surface area contributed by atoms with E-state index < -0.39 is 41.6 Å². The maximum absolute atomic E-state index is 13.7. The molecule has 0 aliphatic heterocycles. The van der Waals surface area contributed by atoms with Crippen LogP contribution in [0.3, 0.4) is 0 Å². The fourth-order valence-electron chi connectivity index (χ4n) is 2.93. The van der Waals surface area contributed by atoms with Gasteiger partial charge >= 0.3 is 6.18 Å². The molecule has 2 N–H and O–H groups in total. The Morgan fingerprint density at radius 2 is 1.78 bits per heavy atom. The lowest BCUT2D eigenvalue weighted by Gasteiger charge is -2.12. The van der Waals surface area contributed by atoms with Crippen LogP contribution in [-0.2, 0) is 15.8 Å². The van der Waals surface area contributed by atoms with E-state index in [1.54, 1.807) is 18.2 Å². The Bertz CT molecular complexity index is 1370. The van der Waals surface area contributed by atoms with Crippen LogP contribution in [0.25, 0.3) is 6.08 Å². The van der Waals surface area contributed by atoms with E-state index >= 15 is 0 Å². The SMILES string of the molecule is N#C/C(=C\c1cc(Br)ccc1OCC(=O)Nc1ccccc1F)C(=O)Nc1cccc(C(F)(F)F)c1.